The minimum absolute atomic E-state index is 0.162. The third-order valence-electron chi connectivity index (χ3n) is 3.74. The van der Waals surface area contributed by atoms with E-state index in [1.807, 2.05) is 37.3 Å². The summed E-state index contributed by atoms with van der Waals surface area (Å²) in [6, 6.07) is 10.8. The van der Waals surface area contributed by atoms with Gasteiger partial charge in [-0.2, -0.15) is 0 Å². The van der Waals surface area contributed by atoms with Crippen LogP contribution < -0.4 is 5.32 Å². The lowest BCUT2D eigenvalue weighted by molar-refractivity contribution is 0.0934. The van der Waals surface area contributed by atoms with Gasteiger partial charge in [-0.1, -0.05) is 28.9 Å². The Bertz CT molecular complexity index is 862. The zero-order valence-electron chi connectivity index (χ0n) is 13.3. The van der Waals surface area contributed by atoms with E-state index in [2.05, 4.69) is 20.6 Å². The minimum Gasteiger partial charge on any atom is -0.344 e. The number of halogens is 1. The molecule has 6 nitrogen and oxygen atoms in total. The number of hydrogen-bond acceptors (Lipinski definition) is 4. The van der Waals surface area contributed by atoms with Crippen LogP contribution in [0.3, 0.4) is 0 Å². The molecule has 2 aromatic heterocycles. The average Bonchev–Trinajstić information content (AvgIpc) is 2.97. The number of amides is 1. The van der Waals surface area contributed by atoms with Gasteiger partial charge in [-0.15, -0.1) is 5.10 Å². The molecule has 122 valence electrons. The van der Waals surface area contributed by atoms with Crippen LogP contribution in [0.1, 0.15) is 34.7 Å². The maximum Gasteiger partial charge on any atom is 0.274 e. The molecule has 0 bridgehead atoms. The molecular weight excluding hydrogens is 326 g/mol. The van der Waals surface area contributed by atoms with Gasteiger partial charge >= 0.3 is 0 Å². The fourth-order valence-electron chi connectivity index (χ4n) is 2.39. The third-order valence-corrected chi connectivity index (χ3v) is 4.06. The highest BCUT2D eigenvalue weighted by atomic mass is 35.5. The first-order valence-corrected chi connectivity index (χ1v) is 7.83. The smallest absolute Gasteiger partial charge is 0.274 e. The molecule has 0 fully saturated rings. The van der Waals surface area contributed by atoms with Gasteiger partial charge in [0.1, 0.15) is 0 Å². The Balaban J connectivity index is 1.83. The lowest BCUT2D eigenvalue weighted by Gasteiger charge is -2.13. The van der Waals surface area contributed by atoms with Crippen LogP contribution in [0.4, 0.5) is 0 Å². The summed E-state index contributed by atoms with van der Waals surface area (Å²) in [5, 5.41) is 11.5. The van der Waals surface area contributed by atoms with E-state index in [0.717, 1.165) is 5.56 Å². The fraction of sp³-hybridized carbons (Fsp3) is 0.176. The third kappa shape index (κ3) is 3.14. The average molecular weight is 342 g/mol. The highest BCUT2D eigenvalue weighted by Crippen LogP contribution is 2.21. The Kier molecular flexibility index (Phi) is 4.57. The minimum atomic E-state index is -0.282. The van der Waals surface area contributed by atoms with E-state index < -0.39 is 0 Å². The van der Waals surface area contributed by atoms with Gasteiger partial charge < -0.3 is 5.32 Å². The number of pyridine rings is 1. The number of nitrogens with one attached hydrogen (secondary N) is 1. The van der Waals surface area contributed by atoms with Gasteiger partial charge in [0.25, 0.3) is 5.91 Å². The van der Waals surface area contributed by atoms with Crippen molar-refractivity contribution in [3.8, 4) is 5.69 Å². The number of rotatable bonds is 4. The Labute approximate surface area is 144 Å². The van der Waals surface area contributed by atoms with E-state index in [0.29, 0.717) is 16.4 Å². The van der Waals surface area contributed by atoms with Gasteiger partial charge in [0, 0.05) is 12.4 Å². The summed E-state index contributed by atoms with van der Waals surface area (Å²) >= 11 is 6.19. The number of nitrogens with zero attached hydrogens (tertiary/aromatic N) is 4. The van der Waals surface area contributed by atoms with Crippen molar-refractivity contribution < 1.29 is 4.79 Å². The number of benzene rings is 1. The molecule has 0 aliphatic carbocycles. The SMILES string of the molecule is Cc1c(C(=O)N[C@@H](C)c2ccncc2)nnn1-c1ccccc1Cl. The molecule has 0 aliphatic heterocycles. The zero-order chi connectivity index (χ0) is 17.1. The molecule has 1 aromatic carbocycles. The van der Waals surface area contributed by atoms with Crippen LogP contribution in [0, 0.1) is 6.92 Å². The molecule has 24 heavy (non-hydrogen) atoms. The monoisotopic (exact) mass is 341 g/mol. The molecule has 0 saturated heterocycles. The van der Waals surface area contributed by atoms with E-state index >= 15 is 0 Å². The molecular formula is C17H16ClN5O. The van der Waals surface area contributed by atoms with E-state index in [1.165, 1.54) is 0 Å². The Morgan fingerprint density at radius 3 is 2.62 bits per heavy atom. The predicted octanol–water partition coefficient (Wildman–Crippen LogP) is 3.12. The van der Waals surface area contributed by atoms with Gasteiger partial charge in [-0.25, -0.2) is 4.68 Å². The maximum absolute atomic E-state index is 12.5. The second-order valence-corrected chi connectivity index (χ2v) is 5.77. The van der Waals surface area contributed by atoms with E-state index in [-0.39, 0.29) is 17.6 Å². The van der Waals surface area contributed by atoms with E-state index in [9.17, 15) is 4.79 Å². The van der Waals surface area contributed by atoms with Crippen molar-refractivity contribution in [3.05, 3.63) is 70.8 Å². The predicted molar refractivity (Wildman–Crippen MR) is 91.2 cm³/mol. The summed E-state index contributed by atoms with van der Waals surface area (Å²) in [5.74, 6) is -0.282. The lowest BCUT2D eigenvalue weighted by atomic mass is 10.1. The van der Waals surface area contributed by atoms with Crippen molar-refractivity contribution in [2.24, 2.45) is 0 Å². The van der Waals surface area contributed by atoms with Crippen LogP contribution in [0.25, 0.3) is 5.69 Å². The summed E-state index contributed by atoms with van der Waals surface area (Å²) in [7, 11) is 0. The summed E-state index contributed by atoms with van der Waals surface area (Å²) in [6.07, 6.45) is 3.38. The molecule has 0 saturated carbocycles. The first-order chi connectivity index (χ1) is 11.6. The number of aromatic nitrogens is 4. The second-order valence-electron chi connectivity index (χ2n) is 5.36. The Morgan fingerprint density at radius 2 is 1.92 bits per heavy atom. The molecule has 7 heteroatoms. The molecule has 1 atom stereocenters. The van der Waals surface area contributed by atoms with Crippen LogP contribution in [-0.4, -0.2) is 25.9 Å². The van der Waals surface area contributed by atoms with Crippen LogP contribution in [0.15, 0.2) is 48.8 Å². The molecule has 0 radical (unpaired) electrons. The molecule has 0 aliphatic rings. The molecule has 1 N–H and O–H groups in total. The number of carbonyl (C=O) groups is 1. The maximum atomic E-state index is 12.5. The van der Waals surface area contributed by atoms with Gasteiger partial charge in [0.15, 0.2) is 5.69 Å². The first-order valence-electron chi connectivity index (χ1n) is 7.46. The Morgan fingerprint density at radius 1 is 1.21 bits per heavy atom. The molecule has 0 spiro atoms. The van der Waals surface area contributed by atoms with Gasteiger partial charge in [-0.05, 0) is 43.7 Å². The van der Waals surface area contributed by atoms with Crippen molar-refractivity contribution in [1.82, 2.24) is 25.3 Å². The first kappa shape index (κ1) is 16.1. The quantitative estimate of drug-likeness (QED) is 0.791. The van der Waals surface area contributed by atoms with Crippen LogP contribution in [0.5, 0.6) is 0 Å². The van der Waals surface area contributed by atoms with Crippen LogP contribution in [0.2, 0.25) is 5.02 Å². The molecule has 3 aromatic rings. The van der Waals surface area contributed by atoms with Crippen LogP contribution in [-0.2, 0) is 0 Å². The van der Waals surface area contributed by atoms with Crippen molar-refractivity contribution in [2.75, 3.05) is 0 Å². The summed E-state index contributed by atoms with van der Waals surface area (Å²) in [4.78, 5) is 16.5. The van der Waals surface area contributed by atoms with Crippen LogP contribution >= 0.6 is 11.6 Å². The summed E-state index contributed by atoms with van der Waals surface area (Å²) in [6.45, 7) is 3.69. The normalized spacial score (nSPS) is 12.0. The van der Waals surface area contributed by atoms with E-state index in [4.69, 9.17) is 11.6 Å². The lowest BCUT2D eigenvalue weighted by Crippen LogP contribution is -2.27. The topological polar surface area (TPSA) is 72.7 Å². The zero-order valence-corrected chi connectivity index (χ0v) is 14.0. The van der Waals surface area contributed by atoms with Crippen molar-refractivity contribution in [2.45, 2.75) is 19.9 Å². The van der Waals surface area contributed by atoms with Gasteiger partial charge in [0.05, 0.1) is 22.4 Å². The highest BCUT2D eigenvalue weighted by molar-refractivity contribution is 6.32. The van der Waals surface area contributed by atoms with Gasteiger partial charge in [-0.3, -0.25) is 9.78 Å². The van der Waals surface area contributed by atoms with Crippen molar-refractivity contribution >= 4 is 17.5 Å². The standard InChI is InChI=1S/C17H16ClN5O/c1-11(13-7-9-19-10-8-13)20-17(24)16-12(2)23(22-21-16)15-6-4-3-5-14(15)18/h3-11H,1-2H3,(H,20,24)/t11-/m0/s1. The van der Waals surface area contributed by atoms with Crippen molar-refractivity contribution in [3.63, 3.8) is 0 Å². The number of hydrogen-bond donors (Lipinski definition) is 1. The Hall–Kier alpha value is -2.73. The highest BCUT2D eigenvalue weighted by Gasteiger charge is 2.20. The largest absolute Gasteiger partial charge is 0.344 e. The van der Waals surface area contributed by atoms with Crippen molar-refractivity contribution in [1.29, 1.82) is 0 Å². The number of carbonyl (C=O) groups excluding carboxylic acids is 1. The summed E-state index contributed by atoms with van der Waals surface area (Å²) < 4.78 is 1.56. The molecule has 3 rings (SSSR count). The molecule has 2 heterocycles. The summed E-state index contributed by atoms with van der Waals surface area (Å²) in [5.41, 5.74) is 2.55. The molecule has 0 unspecified atom stereocenters. The number of para-hydroxylation sites is 1. The fourth-order valence-corrected chi connectivity index (χ4v) is 2.61. The second kappa shape index (κ2) is 6.80. The van der Waals surface area contributed by atoms with Gasteiger partial charge in [0.2, 0.25) is 0 Å². The molecule has 1 amide bonds. The van der Waals surface area contributed by atoms with E-state index in [1.54, 1.807) is 30.1 Å².